The molecule has 0 aliphatic heterocycles. The number of hydrogen-bond donors (Lipinski definition) is 2. The van der Waals surface area contributed by atoms with Crippen molar-refractivity contribution in [2.45, 2.75) is 0 Å². The summed E-state index contributed by atoms with van der Waals surface area (Å²) in [6.07, 6.45) is 5.39. The second-order valence-corrected chi connectivity index (χ2v) is 3.05. The zero-order valence-corrected chi connectivity index (χ0v) is 7.10. The van der Waals surface area contributed by atoms with E-state index in [0.29, 0.717) is 10.1 Å². The Morgan fingerprint density at radius 1 is 1.44 bits per heavy atom. The van der Waals surface area contributed by atoms with Crippen molar-refractivity contribution >= 4 is 28.6 Å². The molecule has 0 rings (SSSR count). The molecular formula is C5H10N2S2. The summed E-state index contributed by atoms with van der Waals surface area (Å²) in [6.45, 7) is 0. The van der Waals surface area contributed by atoms with Gasteiger partial charge in [0.1, 0.15) is 0 Å². The molecule has 52 valence electrons. The minimum Gasteiger partial charge on any atom is -0.393 e. The maximum absolute atomic E-state index is 7.16. The average molecular weight is 162 g/mol. The molecule has 4 heteroatoms. The molecule has 0 aromatic heterocycles. The minimum atomic E-state index is 0.502. The molecule has 0 saturated carbocycles. The van der Waals surface area contributed by atoms with Gasteiger partial charge in [-0.25, -0.2) is 0 Å². The van der Waals surface area contributed by atoms with Crippen molar-refractivity contribution in [2.75, 3.05) is 12.5 Å². The lowest BCUT2D eigenvalue weighted by Gasteiger charge is -1.93. The summed E-state index contributed by atoms with van der Waals surface area (Å²) in [6, 6.07) is 0. The van der Waals surface area contributed by atoms with E-state index in [1.54, 1.807) is 6.08 Å². The molecule has 0 amide bonds. The highest BCUT2D eigenvalue weighted by molar-refractivity contribution is 8.13. The van der Waals surface area contributed by atoms with Crippen LogP contribution in [0.2, 0.25) is 0 Å². The summed E-state index contributed by atoms with van der Waals surface area (Å²) in [5.41, 5.74) is 5.42. The van der Waals surface area contributed by atoms with E-state index in [1.165, 1.54) is 23.5 Å². The topological polar surface area (TPSA) is 49.9 Å². The molecule has 0 aromatic carbocycles. The van der Waals surface area contributed by atoms with Crippen LogP contribution < -0.4 is 5.73 Å². The van der Waals surface area contributed by atoms with Crippen molar-refractivity contribution in [1.82, 2.24) is 0 Å². The van der Waals surface area contributed by atoms with Gasteiger partial charge in [0.25, 0.3) is 0 Å². The molecule has 0 unspecified atom stereocenters. The number of nitrogens with one attached hydrogen (secondary N) is 1. The molecule has 0 atom stereocenters. The Morgan fingerprint density at radius 3 is 2.33 bits per heavy atom. The summed E-state index contributed by atoms with van der Waals surface area (Å²) < 4.78 is 0. The van der Waals surface area contributed by atoms with E-state index in [2.05, 4.69) is 0 Å². The highest BCUT2D eigenvalue weighted by Gasteiger charge is 1.88. The largest absolute Gasteiger partial charge is 0.393 e. The Morgan fingerprint density at radius 2 is 2.00 bits per heavy atom. The van der Waals surface area contributed by atoms with E-state index >= 15 is 0 Å². The van der Waals surface area contributed by atoms with E-state index in [0.717, 1.165) is 0 Å². The molecule has 0 bridgehead atoms. The molecule has 0 aliphatic carbocycles. The third-order valence-electron chi connectivity index (χ3n) is 0.729. The first-order chi connectivity index (χ1) is 4.20. The second-order valence-electron chi connectivity index (χ2n) is 1.32. The van der Waals surface area contributed by atoms with Crippen molar-refractivity contribution in [2.24, 2.45) is 5.73 Å². The second kappa shape index (κ2) is 4.76. The molecule has 0 spiro atoms. The quantitative estimate of drug-likeness (QED) is 0.478. The molecule has 0 heterocycles. The molecule has 0 fully saturated rings. The number of nitrogens with two attached hydrogens (primary N) is 1. The van der Waals surface area contributed by atoms with Crippen molar-refractivity contribution < 1.29 is 0 Å². The number of hydrogen-bond acceptors (Lipinski definition) is 4. The van der Waals surface area contributed by atoms with Crippen LogP contribution in [0.15, 0.2) is 11.1 Å². The number of thioether (sulfide) groups is 2. The van der Waals surface area contributed by atoms with Crippen LogP contribution in [0.1, 0.15) is 0 Å². The fraction of sp³-hybridized carbons (Fsp3) is 0.400. The zero-order valence-electron chi connectivity index (χ0n) is 5.47. The molecular weight excluding hydrogens is 152 g/mol. The monoisotopic (exact) mass is 162 g/mol. The van der Waals surface area contributed by atoms with Crippen molar-refractivity contribution in [1.29, 1.82) is 5.41 Å². The van der Waals surface area contributed by atoms with Gasteiger partial charge in [-0.05, 0) is 18.6 Å². The van der Waals surface area contributed by atoms with Crippen LogP contribution in [0, 0.1) is 5.41 Å². The van der Waals surface area contributed by atoms with E-state index in [9.17, 15) is 0 Å². The molecule has 0 saturated heterocycles. The Kier molecular flexibility index (Phi) is 4.71. The molecule has 0 aromatic rings. The third kappa shape index (κ3) is 4.42. The van der Waals surface area contributed by atoms with Gasteiger partial charge in [0, 0.05) is 0 Å². The van der Waals surface area contributed by atoms with E-state index in [1.807, 2.05) is 12.5 Å². The van der Waals surface area contributed by atoms with Gasteiger partial charge in [0.15, 0.2) is 0 Å². The fourth-order valence-corrected chi connectivity index (χ4v) is 0.802. The van der Waals surface area contributed by atoms with Crippen LogP contribution in [0.25, 0.3) is 0 Å². The van der Waals surface area contributed by atoms with Crippen LogP contribution in [-0.4, -0.2) is 17.6 Å². The van der Waals surface area contributed by atoms with E-state index < -0.39 is 0 Å². The molecule has 0 aliphatic rings. The molecule has 2 nitrogen and oxygen atoms in total. The number of rotatable bonds is 2. The standard InChI is InChI=1S/C5H10N2S2/c1-8-4(6)3-5(7)9-2/h3,6H,7H2,1-2H3/b5-3+,6-4?. The van der Waals surface area contributed by atoms with Gasteiger partial charge >= 0.3 is 0 Å². The summed E-state index contributed by atoms with van der Waals surface area (Å²) in [7, 11) is 0. The van der Waals surface area contributed by atoms with Gasteiger partial charge < -0.3 is 5.73 Å². The molecule has 3 N–H and O–H groups in total. The molecule has 0 radical (unpaired) electrons. The predicted octanol–water partition coefficient (Wildman–Crippen LogP) is 1.49. The van der Waals surface area contributed by atoms with Crippen molar-refractivity contribution in [3.63, 3.8) is 0 Å². The normalized spacial score (nSPS) is 11.6. The maximum Gasteiger partial charge on any atom is 0.0893 e. The Balaban J connectivity index is 3.79. The van der Waals surface area contributed by atoms with Crippen LogP contribution in [0.4, 0.5) is 0 Å². The van der Waals surface area contributed by atoms with Crippen molar-refractivity contribution in [3.8, 4) is 0 Å². The first kappa shape index (κ1) is 8.91. The van der Waals surface area contributed by atoms with Gasteiger partial charge in [-0.3, -0.25) is 5.41 Å². The third-order valence-corrected chi connectivity index (χ3v) is 1.88. The van der Waals surface area contributed by atoms with Gasteiger partial charge in [0.05, 0.1) is 10.1 Å². The first-order valence-corrected chi connectivity index (χ1v) is 4.79. The first-order valence-electron chi connectivity index (χ1n) is 2.34. The van der Waals surface area contributed by atoms with E-state index in [-0.39, 0.29) is 0 Å². The summed E-state index contributed by atoms with van der Waals surface area (Å²) in [5, 5.41) is 8.36. The Bertz CT molecular complexity index is 131. The van der Waals surface area contributed by atoms with Gasteiger partial charge in [-0.2, -0.15) is 0 Å². The smallest absolute Gasteiger partial charge is 0.0893 e. The van der Waals surface area contributed by atoms with Crippen LogP contribution >= 0.6 is 23.5 Å². The minimum absolute atomic E-state index is 0.502. The van der Waals surface area contributed by atoms with Gasteiger partial charge in [0.2, 0.25) is 0 Å². The van der Waals surface area contributed by atoms with Crippen LogP contribution in [0.5, 0.6) is 0 Å². The Hall–Kier alpha value is -0.0900. The summed E-state index contributed by atoms with van der Waals surface area (Å²) in [4.78, 5) is 0. The Labute approximate surface area is 63.8 Å². The van der Waals surface area contributed by atoms with Crippen LogP contribution in [0.3, 0.4) is 0 Å². The fourth-order valence-electron chi connectivity index (χ4n) is 0.247. The zero-order chi connectivity index (χ0) is 7.28. The maximum atomic E-state index is 7.16. The van der Waals surface area contributed by atoms with E-state index in [4.69, 9.17) is 11.1 Å². The SMILES string of the molecule is CSC(=N)/C=C(\N)SC. The highest BCUT2D eigenvalue weighted by Crippen LogP contribution is 2.06. The average Bonchev–Trinajstić information content (AvgIpc) is 1.87. The van der Waals surface area contributed by atoms with Crippen molar-refractivity contribution in [3.05, 3.63) is 11.1 Å². The van der Waals surface area contributed by atoms with Crippen LogP contribution in [-0.2, 0) is 0 Å². The van der Waals surface area contributed by atoms with Gasteiger partial charge in [-0.1, -0.05) is 0 Å². The molecule has 9 heavy (non-hydrogen) atoms. The van der Waals surface area contributed by atoms with Gasteiger partial charge in [-0.15, -0.1) is 23.5 Å². The predicted molar refractivity (Wildman–Crippen MR) is 47.0 cm³/mol. The lowest BCUT2D eigenvalue weighted by atomic mass is 10.7. The summed E-state index contributed by atoms with van der Waals surface area (Å²) >= 11 is 2.84. The lowest BCUT2D eigenvalue weighted by Crippen LogP contribution is -1.94. The lowest BCUT2D eigenvalue weighted by molar-refractivity contribution is 1.52. The highest BCUT2D eigenvalue weighted by atomic mass is 32.2. The summed E-state index contributed by atoms with van der Waals surface area (Å²) in [5.74, 6) is 0.